The Kier molecular flexibility index (Phi) is 2.51. The highest BCUT2D eigenvalue weighted by atomic mass is 19.1. The van der Waals surface area contributed by atoms with Gasteiger partial charge in [0, 0.05) is 24.5 Å². The van der Waals surface area contributed by atoms with Crippen LogP contribution >= 0.6 is 0 Å². The van der Waals surface area contributed by atoms with Crippen LogP contribution in [0, 0.1) is 11.6 Å². The number of nitrogens with one attached hydrogen (secondary N) is 1. The molecule has 2 nitrogen and oxygen atoms in total. The van der Waals surface area contributed by atoms with E-state index in [0.29, 0.717) is 11.1 Å². The molecular weight excluding hydrogens is 198 g/mol. The minimum absolute atomic E-state index is 0.0285. The molecule has 0 saturated heterocycles. The first-order valence-corrected chi connectivity index (χ1v) is 4.54. The molecule has 0 amide bonds. The summed E-state index contributed by atoms with van der Waals surface area (Å²) >= 11 is 0. The minimum atomic E-state index is -0.579. The summed E-state index contributed by atoms with van der Waals surface area (Å²) in [5, 5.41) is 0. The largest absolute Gasteiger partial charge is 0.367 e. The van der Waals surface area contributed by atoms with Crippen molar-refractivity contribution in [3.63, 3.8) is 0 Å². The fourth-order valence-electron chi connectivity index (χ4n) is 1.55. The molecule has 3 N–H and O–H groups in total. The van der Waals surface area contributed by atoms with Crippen molar-refractivity contribution in [1.82, 2.24) is 4.98 Å². The molecule has 0 aliphatic heterocycles. The van der Waals surface area contributed by atoms with Gasteiger partial charge < -0.3 is 10.7 Å². The predicted molar refractivity (Wildman–Crippen MR) is 54.0 cm³/mol. The fourth-order valence-corrected chi connectivity index (χ4v) is 1.55. The van der Waals surface area contributed by atoms with E-state index in [1.54, 1.807) is 12.4 Å². The SMILES string of the molecule is NCc1c[nH]cc1-c1c(F)cccc1F. The smallest absolute Gasteiger partial charge is 0.134 e. The first-order valence-electron chi connectivity index (χ1n) is 4.54. The van der Waals surface area contributed by atoms with Crippen LogP contribution in [-0.4, -0.2) is 4.98 Å². The lowest BCUT2D eigenvalue weighted by Crippen LogP contribution is -1.98. The molecule has 0 saturated carbocycles. The van der Waals surface area contributed by atoms with Crippen LogP contribution in [0.2, 0.25) is 0 Å². The van der Waals surface area contributed by atoms with Gasteiger partial charge >= 0.3 is 0 Å². The van der Waals surface area contributed by atoms with Crippen molar-refractivity contribution < 1.29 is 8.78 Å². The average Bonchev–Trinajstić information content (AvgIpc) is 2.65. The Bertz CT molecular complexity index is 457. The highest BCUT2D eigenvalue weighted by Crippen LogP contribution is 2.28. The summed E-state index contributed by atoms with van der Waals surface area (Å²) in [5.41, 5.74) is 6.61. The highest BCUT2D eigenvalue weighted by molar-refractivity contribution is 5.67. The summed E-state index contributed by atoms with van der Waals surface area (Å²) in [6, 6.07) is 3.79. The molecule has 0 bridgehead atoms. The fraction of sp³-hybridized carbons (Fsp3) is 0.0909. The van der Waals surface area contributed by atoms with Crippen molar-refractivity contribution >= 4 is 0 Å². The first kappa shape index (κ1) is 9.86. The van der Waals surface area contributed by atoms with E-state index in [1.807, 2.05) is 0 Å². The zero-order valence-corrected chi connectivity index (χ0v) is 7.93. The average molecular weight is 208 g/mol. The standard InChI is InChI=1S/C11H10F2N2/c12-9-2-1-3-10(13)11(9)8-6-15-5-7(8)4-14/h1-3,5-6,15H,4,14H2. The molecular formula is C11H10F2N2. The van der Waals surface area contributed by atoms with Crippen molar-refractivity contribution in [1.29, 1.82) is 0 Å². The Balaban J connectivity index is 2.63. The molecule has 0 aliphatic carbocycles. The third-order valence-electron chi connectivity index (χ3n) is 2.28. The van der Waals surface area contributed by atoms with Crippen molar-refractivity contribution in [2.75, 3.05) is 0 Å². The lowest BCUT2D eigenvalue weighted by molar-refractivity contribution is 0.589. The normalized spacial score (nSPS) is 10.6. The number of nitrogens with two attached hydrogens (primary N) is 1. The van der Waals surface area contributed by atoms with Gasteiger partial charge in [-0.2, -0.15) is 0 Å². The van der Waals surface area contributed by atoms with E-state index in [-0.39, 0.29) is 12.1 Å². The van der Waals surface area contributed by atoms with Gasteiger partial charge in [-0.3, -0.25) is 0 Å². The summed E-state index contributed by atoms with van der Waals surface area (Å²) < 4.78 is 26.9. The summed E-state index contributed by atoms with van der Waals surface area (Å²) in [5.74, 6) is -1.16. The maximum absolute atomic E-state index is 13.4. The molecule has 15 heavy (non-hydrogen) atoms. The van der Waals surface area contributed by atoms with Crippen molar-refractivity contribution in [2.45, 2.75) is 6.54 Å². The van der Waals surface area contributed by atoms with Gasteiger partial charge in [0.25, 0.3) is 0 Å². The van der Waals surface area contributed by atoms with Gasteiger partial charge in [-0.25, -0.2) is 8.78 Å². The van der Waals surface area contributed by atoms with Crippen molar-refractivity contribution in [3.8, 4) is 11.1 Å². The predicted octanol–water partition coefficient (Wildman–Crippen LogP) is 2.42. The van der Waals surface area contributed by atoms with E-state index < -0.39 is 11.6 Å². The molecule has 0 atom stereocenters. The summed E-state index contributed by atoms with van der Waals surface area (Å²) in [4.78, 5) is 2.79. The molecule has 0 aliphatic rings. The topological polar surface area (TPSA) is 41.8 Å². The van der Waals surface area contributed by atoms with Gasteiger partial charge in [0.2, 0.25) is 0 Å². The number of hydrogen-bond acceptors (Lipinski definition) is 1. The number of H-pyrrole nitrogens is 1. The number of aromatic amines is 1. The van der Waals surface area contributed by atoms with Crippen LogP contribution in [0.1, 0.15) is 5.56 Å². The zero-order valence-electron chi connectivity index (χ0n) is 7.93. The second kappa shape index (κ2) is 3.82. The van der Waals surface area contributed by atoms with Gasteiger partial charge in [-0.05, 0) is 17.7 Å². The quantitative estimate of drug-likeness (QED) is 0.781. The number of aromatic nitrogens is 1. The molecule has 78 valence electrons. The Labute approximate surface area is 85.7 Å². The molecule has 0 unspecified atom stereocenters. The minimum Gasteiger partial charge on any atom is -0.367 e. The van der Waals surface area contributed by atoms with Crippen LogP contribution < -0.4 is 5.73 Å². The lowest BCUT2D eigenvalue weighted by atomic mass is 10.0. The van der Waals surface area contributed by atoms with Gasteiger partial charge in [-0.1, -0.05) is 6.07 Å². The monoisotopic (exact) mass is 208 g/mol. The van der Waals surface area contributed by atoms with Crippen molar-refractivity contribution in [2.24, 2.45) is 5.73 Å². The molecule has 0 spiro atoms. The Morgan fingerprint density at radius 2 is 1.80 bits per heavy atom. The second-order valence-electron chi connectivity index (χ2n) is 3.20. The van der Waals surface area contributed by atoms with Gasteiger partial charge in [0.15, 0.2) is 0 Å². The number of rotatable bonds is 2. The van der Waals surface area contributed by atoms with E-state index in [0.717, 1.165) is 0 Å². The molecule has 2 aromatic rings. The number of benzene rings is 1. The van der Waals surface area contributed by atoms with E-state index in [1.165, 1.54) is 18.2 Å². The zero-order chi connectivity index (χ0) is 10.8. The van der Waals surface area contributed by atoms with Gasteiger partial charge in [0.05, 0.1) is 5.56 Å². The molecule has 0 radical (unpaired) electrons. The van der Waals surface area contributed by atoms with Crippen molar-refractivity contribution in [3.05, 3.63) is 47.8 Å². The molecule has 1 aromatic carbocycles. The first-order chi connectivity index (χ1) is 7.24. The van der Waals surface area contributed by atoms with E-state index >= 15 is 0 Å². The van der Waals surface area contributed by atoms with Gasteiger partial charge in [0.1, 0.15) is 11.6 Å². The molecule has 1 aromatic heterocycles. The number of halogens is 2. The van der Waals surface area contributed by atoms with Crippen LogP contribution in [-0.2, 0) is 6.54 Å². The Hall–Kier alpha value is -1.68. The van der Waals surface area contributed by atoms with E-state index in [9.17, 15) is 8.78 Å². The van der Waals surface area contributed by atoms with Gasteiger partial charge in [-0.15, -0.1) is 0 Å². The second-order valence-corrected chi connectivity index (χ2v) is 3.20. The van der Waals surface area contributed by atoms with Crippen LogP contribution in [0.4, 0.5) is 8.78 Å². The summed E-state index contributed by atoms with van der Waals surface area (Å²) in [6.45, 7) is 0.243. The molecule has 1 heterocycles. The lowest BCUT2D eigenvalue weighted by Gasteiger charge is -2.04. The van der Waals surface area contributed by atoms with Crippen LogP contribution in [0.25, 0.3) is 11.1 Å². The number of hydrogen-bond donors (Lipinski definition) is 2. The molecule has 2 rings (SSSR count). The van der Waals surface area contributed by atoms with Crippen LogP contribution in [0.3, 0.4) is 0 Å². The molecule has 4 heteroatoms. The van der Waals surface area contributed by atoms with Crippen LogP contribution in [0.5, 0.6) is 0 Å². The highest BCUT2D eigenvalue weighted by Gasteiger charge is 2.14. The maximum Gasteiger partial charge on any atom is 0.134 e. The van der Waals surface area contributed by atoms with E-state index in [2.05, 4.69) is 4.98 Å². The summed E-state index contributed by atoms with van der Waals surface area (Å²) in [6.07, 6.45) is 3.19. The Morgan fingerprint density at radius 3 is 2.40 bits per heavy atom. The summed E-state index contributed by atoms with van der Waals surface area (Å²) in [7, 11) is 0. The maximum atomic E-state index is 13.4. The van der Waals surface area contributed by atoms with Crippen LogP contribution in [0.15, 0.2) is 30.6 Å². The Morgan fingerprint density at radius 1 is 1.13 bits per heavy atom. The van der Waals surface area contributed by atoms with E-state index in [4.69, 9.17) is 5.73 Å². The third kappa shape index (κ3) is 1.64. The molecule has 0 fully saturated rings. The third-order valence-corrected chi connectivity index (χ3v) is 2.28.